The Kier molecular flexibility index (Phi) is 4.15. The number of rotatable bonds is 5. The molecule has 1 aromatic carbocycles. The highest BCUT2D eigenvalue weighted by molar-refractivity contribution is 7.16. The number of benzene rings is 1. The molecule has 114 valence electrons. The van der Waals surface area contributed by atoms with Gasteiger partial charge in [0.2, 0.25) is 0 Å². The van der Waals surface area contributed by atoms with Crippen LogP contribution in [0.4, 0.5) is 0 Å². The molecule has 1 atom stereocenters. The lowest BCUT2D eigenvalue weighted by Crippen LogP contribution is -2.42. The first-order chi connectivity index (χ1) is 10.6. The van der Waals surface area contributed by atoms with E-state index in [2.05, 4.69) is 34.3 Å². The van der Waals surface area contributed by atoms with Crippen LogP contribution in [0.5, 0.6) is 0 Å². The molecule has 0 aliphatic rings. The van der Waals surface area contributed by atoms with Crippen molar-refractivity contribution in [3.63, 3.8) is 0 Å². The van der Waals surface area contributed by atoms with Crippen molar-refractivity contribution in [2.45, 2.75) is 26.4 Å². The Balaban J connectivity index is 1.75. The number of nitrogens with one attached hydrogen (secondary N) is 1. The van der Waals surface area contributed by atoms with Gasteiger partial charge >= 0.3 is 0 Å². The van der Waals surface area contributed by atoms with Crippen LogP contribution in [-0.2, 0) is 6.54 Å². The summed E-state index contributed by atoms with van der Waals surface area (Å²) in [5.74, 6) is 0.197. The molecule has 3 rings (SSSR count). The number of hydrogen-bond acceptors (Lipinski definition) is 5. The van der Waals surface area contributed by atoms with E-state index >= 15 is 0 Å². The zero-order valence-electron chi connectivity index (χ0n) is 12.4. The maximum absolute atomic E-state index is 12.5. The number of thiazole rings is 1. The van der Waals surface area contributed by atoms with Crippen molar-refractivity contribution in [2.24, 2.45) is 5.92 Å². The van der Waals surface area contributed by atoms with Crippen molar-refractivity contribution in [1.29, 1.82) is 0 Å². The molecule has 0 saturated heterocycles. The molecule has 0 saturated carbocycles. The van der Waals surface area contributed by atoms with E-state index in [1.807, 2.05) is 12.1 Å². The Morgan fingerprint density at radius 3 is 2.82 bits per heavy atom. The van der Waals surface area contributed by atoms with Gasteiger partial charge in [0.25, 0.3) is 5.91 Å². The fourth-order valence-electron chi connectivity index (χ4n) is 2.18. The molecule has 6 nitrogen and oxygen atoms in total. The predicted molar refractivity (Wildman–Crippen MR) is 85.7 cm³/mol. The number of fused-ring (bicyclic) bond motifs is 1. The van der Waals surface area contributed by atoms with E-state index in [0.29, 0.717) is 12.1 Å². The van der Waals surface area contributed by atoms with Gasteiger partial charge in [-0.15, -0.1) is 11.3 Å². The van der Waals surface area contributed by atoms with Gasteiger partial charge < -0.3 is 5.32 Å². The molecule has 0 radical (unpaired) electrons. The second-order valence-corrected chi connectivity index (χ2v) is 6.33. The number of amides is 1. The minimum absolute atomic E-state index is 0.0305. The Bertz CT molecular complexity index is 765. The number of carbonyl (C=O) groups excluding carboxylic acids is 1. The maximum Gasteiger partial charge on any atom is 0.251 e. The number of carbonyl (C=O) groups is 1. The topological polar surface area (TPSA) is 72.7 Å². The quantitative estimate of drug-likeness (QED) is 0.784. The van der Waals surface area contributed by atoms with Crippen LogP contribution < -0.4 is 5.32 Å². The van der Waals surface area contributed by atoms with E-state index < -0.39 is 0 Å². The standard InChI is InChI=1S/C15H17N5OS/c1-10(2)13(8-20-17-5-6-18-20)19-15(21)11-3-4-12-14(7-11)22-9-16-12/h3-7,9-10,13H,8H2,1-2H3,(H,19,21). The highest BCUT2D eigenvalue weighted by Gasteiger charge is 2.19. The summed E-state index contributed by atoms with van der Waals surface area (Å²) < 4.78 is 1.02. The Labute approximate surface area is 132 Å². The fourth-order valence-corrected chi connectivity index (χ4v) is 2.90. The van der Waals surface area contributed by atoms with Crippen LogP contribution in [0.25, 0.3) is 10.2 Å². The summed E-state index contributed by atoms with van der Waals surface area (Å²) in [6.07, 6.45) is 3.27. The van der Waals surface area contributed by atoms with Crippen LogP contribution in [0.1, 0.15) is 24.2 Å². The molecule has 2 aromatic heterocycles. The van der Waals surface area contributed by atoms with Crippen molar-refractivity contribution < 1.29 is 4.79 Å². The molecule has 1 unspecified atom stereocenters. The lowest BCUT2D eigenvalue weighted by molar-refractivity contribution is 0.0918. The van der Waals surface area contributed by atoms with E-state index in [4.69, 9.17) is 0 Å². The minimum atomic E-state index is -0.0823. The first-order valence-corrected chi connectivity index (χ1v) is 7.99. The molecular formula is C15H17N5OS. The summed E-state index contributed by atoms with van der Waals surface area (Å²) in [6.45, 7) is 4.70. The predicted octanol–water partition coefficient (Wildman–Crippen LogP) is 2.34. The van der Waals surface area contributed by atoms with Gasteiger partial charge in [0.1, 0.15) is 0 Å². The third-order valence-electron chi connectivity index (χ3n) is 3.54. The number of nitrogens with zero attached hydrogens (tertiary/aromatic N) is 4. The molecular weight excluding hydrogens is 298 g/mol. The van der Waals surface area contributed by atoms with E-state index in [1.165, 1.54) is 11.3 Å². The second-order valence-electron chi connectivity index (χ2n) is 5.44. The van der Waals surface area contributed by atoms with Gasteiger partial charge in [0, 0.05) is 5.56 Å². The third kappa shape index (κ3) is 3.14. The molecule has 0 aliphatic heterocycles. The number of aromatic nitrogens is 4. The van der Waals surface area contributed by atoms with Gasteiger partial charge in [0.15, 0.2) is 0 Å². The monoisotopic (exact) mass is 315 g/mol. The molecule has 2 heterocycles. The Morgan fingerprint density at radius 1 is 1.32 bits per heavy atom. The van der Waals surface area contributed by atoms with Gasteiger partial charge in [-0.1, -0.05) is 13.8 Å². The van der Waals surface area contributed by atoms with Gasteiger partial charge in [0.05, 0.1) is 40.7 Å². The number of hydrogen-bond donors (Lipinski definition) is 1. The fraction of sp³-hybridized carbons (Fsp3) is 0.333. The normalized spacial score (nSPS) is 12.7. The summed E-state index contributed by atoms with van der Waals surface area (Å²) in [5.41, 5.74) is 3.35. The van der Waals surface area contributed by atoms with Crippen molar-refractivity contribution in [1.82, 2.24) is 25.3 Å². The van der Waals surface area contributed by atoms with E-state index in [1.54, 1.807) is 28.8 Å². The van der Waals surface area contributed by atoms with Gasteiger partial charge in [-0.2, -0.15) is 15.0 Å². The van der Waals surface area contributed by atoms with E-state index in [-0.39, 0.29) is 17.9 Å². The summed E-state index contributed by atoms with van der Waals surface area (Å²) >= 11 is 1.53. The molecule has 0 fully saturated rings. The zero-order valence-corrected chi connectivity index (χ0v) is 13.2. The molecule has 1 amide bonds. The van der Waals surface area contributed by atoms with Crippen molar-refractivity contribution in [3.8, 4) is 0 Å². The molecule has 0 bridgehead atoms. The van der Waals surface area contributed by atoms with Crippen LogP contribution in [0, 0.1) is 5.92 Å². The molecule has 3 aromatic rings. The average Bonchev–Trinajstić information content (AvgIpc) is 3.16. The lowest BCUT2D eigenvalue weighted by Gasteiger charge is -2.21. The molecule has 7 heteroatoms. The maximum atomic E-state index is 12.5. The second kappa shape index (κ2) is 6.23. The van der Waals surface area contributed by atoms with E-state index in [9.17, 15) is 4.79 Å². The van der Waals surface area contributed by atoms with Crippen molar-refractivity contribution in [2.75, 3.05) is 0 Å². The van der Waals surface area contributed by atoms with Crippen LogP contribution in [0.2, 0.25) is 0 Å². The summed E-state index contributed by atoms with van der Waals surface area (Å²) in [5, 5.41) is 11.3. The highest BCUT2D eigenvalue weighted by atomic mass is 32.1. The lowest BCUT2D eigenvalue weighted by atomic mass is 10.0. The van der Waals surface area contributed by atoms with Gasteiger partial charge in [-0.05, 0) is 24.1 Å². The molecule has 0 spiro atoms. The summed E-state index contributed by atoms with van der Waals surface area (Å²) in [7, 11) is 0. The average molecular weight is 315 g/mol. The van der Waals surface area contributed by atoms with E-state index in [0.717, 1.165) is 10.2 Å². The van der Waals surface area contributed by atoms with Crippen LogP contribution in [-0.4, -0.2) is 31.9 Å². The Morgan fingerprint density at radius 2 is 2.09 bits per heavy atom. The summed E-state index contributed by atoms with van der Waals surface area (Å²) in [4.78, 5) is 18.3. The first-order valence-electron chi connectivity index (χ1n) is 7.11. The zero-order chi connectivity index (χ0) is 15.5. The highest BCUT2D eigenvalue weighted by Crippen LogP contribution is 2.19. The molecule has 22 heavy (non-hydrogen) atoms. The largest absolute Gasteiger partial charge is 0.347 e. The van der Waals surface area contributed by atoms with Crippen LogP contribution in [0.15, 0.2) is 36.1 Å². The van der Waals surface area contributed by atoms with Crippen LogP contribution in [0.3, 0.4) is 0 Å². The third-order valence-corrected chi connectivity index (χ3v) is 4.33. The Hall–Kier alpha value is -2.28. The van der Waals surface area contributed by atoms with Crippen LogP contribution >= 0.6 is 11.3 Å². The molecule has 0 aliphatic carbocycles. The SMILES string of the molecule is CC(C)C(Cn1nccn1)NC(=O)c1ccc2ncsc2c1. The van der Waals surface area contributed by atoms with Crippen molar-refractivity contribution in [3.05, 3.63) is 41.7 Å². The summed E-state index contributed by atoms with van der Waals surface area (Å²) in [6, 6.07) is 5.53. The van der Waals surface area contributed by atoms with Crippen molar-refractivity contribution >= 4 is 27.5 Å². The first kappa shape index (κ1) is 14.6. The molecule has 1 N–H and O–H groups in total. The minimum Gasteiger partial charge on any atom is -0.347 e. The van der Waals surface area contributed by atoms with Gasteiger partial charge in [-0.3, -0.25) is 4.79 Å². The smallest absolute Gasteiger partial charge is 0.251 e. The van der Waals surface area contributed by atoms with Gasteiger partial charge in [-0.25, -0.2) is 4.98 Å².